The van der Waals surface area contributed by atoms with Gasteiger partial charge in [-0.05, 0) is 52.0 Å². The van der Waals surface area contributed by atoms with Gasteiger partial charge in [0.05, 0.1) is 9.79 Å². The molecule has 0 amide bonds. The maximum absolute atomic E-state index is 13.2. The van der Waals surface area contributed by atoms with E-state index in [-0.39, 0.29) is 9.79 Å². The topological polar surface area (TPSA) is 169 Å². The second-order valence-corrected chi connectivity index (χ2v) is 13.9. The molecule has 42 heavy (non-hydrogen) atoms. The Bertz CT molecular complexity index is 1720. The first kappa shape index (κ1) is 30.3. The molecule has 0 radical (unpaired) electrons. The van der Waals surface area contributed by atoms with Crippen molar-refractivity contribution in [1.29, 1.82) is 0 Å². The Balaban J connectivity index is 1.54. The van der Waals surface area contributed by atoms with Gasteiger partial charge < -0.3 is 14.2 Å². The van der Waals surface area contributed by atoms with Crippen molar-refractivity contribution in [2.75, 3.05) is 13.2 Å². The van der Waals surface area contributed by atoms with Gasteiger partial charge in [-0.15, -0.1) is 0 Å². The van der Waals surface area contributed by atoms with Gasteiger partial charge in [-0.3, -0.25) is 22.7 Å². The number of nitrogens with zero attached hydrogens (tertiary/aromatic N) is 1. The van der Waals surface area contributed by atoms with Crippen LogP contribution in [-0.2, 0) is 42.8 Å². The molecule has 15 heteroatoms. The van der Waals surface area contributed by atoms with Crippen LogP contribution in [0.3, 0.4) is 0 Å². The van der Waals surface area contributed by atoms with Gasteiger partial charge in [0.2, 0.25) is 0 Å². The zero-order chi connectivity index (χ0) is 30.5. The van der Waals surface area contributed by atoms with Crippen LogP contribution in [0, 0.1) is 13.8 Å². The molecular formula is C27H30N2O11S2. The van der Waals surface area contributed by atoms with Crippen LogP contribution in [0.4, 0.5) is 0 Å². The Hall–Kier alpha value is -3.18. The average molecular weight is 623 g/mol. The standard InChI is InChI=1S/C27H30N2O11S2/c1-17-5-9-19(10-6-17)41(32,33)36-15-27(16-37-42(34,35)20-11-7-18(2)8-12-20)23-22(38-26(3,4)39-23)24(40-27)29-14-13-21(30)28-25(29)31/h5-14,22-24H,15-16H2,1-4H3,(H,28,30,31)/t22-,23+,24-/m1/s1. The van der Waals surface area contributed by atoms with E-state index in [0.717, 1.165) is 21.8 Å². The quantitative estimate of drug-likeness (QED) is 0.345. The molecule has 226 valence electrons. The number of hydrogen-bond donors (Lipinski definition) is 1. The van der Waals surface area contributed by atoms with Crippen molar-refractivity contribution >= 4 is 20.2 Å². The molecule has 2 aliphatic heterocycles. The number of hydrogen-bond acceptors (Lipinski definition) is 11. The minimum absolute atomic E-state index is 0.136. The van der Waals surface area contributed by atoms with E-state index in [2.05, 4.69) is 4.98 Å². The summed E-state index contributed by atoms with van der Waals surface area (Å²) in [5.41, 5.74) is -1.75. The average Bonchev–Trinajstić information content (AvgIpc) is 3.39. The van der Waals surface area contributed by atoms with Crippen LogP contribution in [0.1, 0.15) is 31.2 Å². The van der Waals surface area contributed by atoms with Crippen molar-refractivity contribution in [2.45, 2.75) is 67.3 Å². The van der Waals surface area contributed by atoms with E-state index in [1.807, 2.05) is 0 Å². The monoisotopic (exact) mass is 622 g/mol. The molecule has 3 aromatic rings. The van der Waals surface area contributed by atoms with Crippen molar-refractivity contribution in [1.82, 2.24) is 9.55 Å². The molecule has 0 unspecified atom stereocenters. The van der Waals surface area contributed by atoms with Gasteiger partial charge in [-0.25, -0.2) is 4.79 Å². The van der Waals surface area contributed by atoms with Crippen LogP contribution in [0.5, 0.6) is 0 Å². The van der Waals surface area contributed by atoms with Crippen LogP contribution in [0.2, 0.25) is 0 Å². The van der Waals surface area contributed by atoms with E-state index in [0.29, 0.717) is 0 Å². The Labute approximate surface area is 242 Å². The predicted octanol–water partition coefficient (Wildman–Crippen LogP) is 1.75. The highest BCUT2D eigenvalue weighted by atomic mass is 32.2. The summed E-state index contributed by atoms with van der Waals surface area (Å²) in [4.78, 5) is 26.3. The summed E-state index contributed by atoms with van der Waals surface area (Å²) in [6.07, 6.45) is -2.32. The molecule has 5 rings (SSSR count). The Morgan fingerprint density at radius 2 is 1.29 bits per heavy atom. The summed E-state index contributed by atoms with van der Waals surface area (Å²) in [7, 11) is -8.73. The Morgan fingerprint density at radius 1 is 0.786 bits per heavy atom. The lowest BCUT2D eigenvalue weighted by molar-refractivity contribution is -0.230. The summed E-state index contributed by atoms with van der Waals surface area (Å²) in [5.74, 6) is -1.25. The van der Waals surface area contributed by atoms with Crippen LogP contribution >= 0.6 is 0 Å². The molecule has 2 saturated heterocycles. The first-order valence-electron chi connectivity index (χ1n) is 12.9. The van der Waals surface area contributed by atoms with Crippen molar-refractivity contribution < 1.29 is 39.4 Å². The molecule has 0 bridgehead atoms. The number of nitrogens with one attached hydrogen (secondary N) is 1. The lowest BCUT2D eigenvalue weighted by Crippen LogP contribution is -2.51. The zero-order valence-electron chi connectivity index (χ0n) is 23.2. The molecule has 13 nitrogen and oxygen atoms in total. The van der Waals surface area contributed by atoms with Crippen molar-refractivity contribution in [3.63, 3.8) is 0 Å². The Kier molecular flexibility index (Phi) is 7.81. The molecule has 2 aromatic carbocycles. The van der Waals surface area contributed by atoms with Crippen molar-refractivity contribution in [2.24, 2.45) is 0 Å². The summed E-state index contributed by atoms with van der Waals surface area (Å²) >= 11 is 0. The molecule has 2 fully saturated rings. The largest absolute Gasteiger partial charge is 0.341 e. The van der Waals surface area contributed by atoms with E-state index in [1.165, 1.54) is 30.5 Å². The van der Waals surface area contributed by atoms with Crippen molar-refractivity contribution in [3.05, 3.63) is 92.8 Å². The smallest absolute Gasteiger partial charge is 0.330 e. The molecular weight excluding hydrogens is 592 g/mol. The second kappa shape index (κ2) is 10.8. The Morgan fingerprint density at radius 3 is 1.76 bits per heavy atom. The second-order valence-electron chi connectivity index (χ2n) is 10.7. The van der Waals surface area contributed by atoms with E-state index in [1.54, 1.807) is 52.0 Å². The SMILES string of the molecule is Cc1ccc(S(=O)(=O)OCC2(COS(=O)(=O)c3ccc(C)cc3)O[C@@H](n3ccc(=O)[nH]c3=O)[C@@H]3OC(C)(C)O[C@@H]32)cc1. The van der Waals surface area contributed by atoms with Gasteiger partial charge in [0, 0.05) is 12.3 Å². The number of aromatic amines is 1. The summed E-state index contributed by atoms with van der Waals surface area (Å²) in [5, 5.41) is 0. The van der Waals surface area contributed by atoms with E-state index in [4.69, 9.17) is 22.6 Å². The minimum Gasteiger partial charge on any atom is -0.341 e. The third-order valence-corrected chi connectivity index (χ3v) is 9.50. The molecule has 3 atom stereocenters. The minimum atomic E-state index is -4.36. The fourth-order valence-corrected chi connectivity index (χ4v) is 6.72. The van der Waals surface area contributed by atoms with E-state index >= 15 is 0 Å². The molecule has 0 spiro atoms. The molecule has 1 N–H and O–H groups in total. The van der Waals surface area contributed by atoms with Gasteiger partial charge in [-0.1, -0.05) is 35.4 Å². The number of fused-ring (bicyclic) bond motifs is 1. The van der Waals surface area contributed by atoms with Crippen LogP contribution < -0.4 is 11.2 Å². The van der Waals surface area contributed by atoms with Crippen molar-refractivity contribution in [3.8, 4) is 0 Å². The highest BCUT2D eigenvalue weighted by Crippen LogP contribution is 2.48. The number of ether oxygens (including phenoxy) is 3. The van der Waals surface area contributed by atoms with Crippen LogP contribution in [-0.4, -0.2) is 63.2 Å². The van der Waals surface area contributed by atoms with Gasteiger partial charge in [-0.2, -0.15) is 16.8 Å². The molecule has 3 heterocycles. The van der Waals surface area contributed by atoms with E-state index in [9.17, 15) is 26.4 Å². The van der Waals surface area contributed by atoms with Gasteiger partial charge >= 0.3 is 5.69 Å². The number of benzene rings is 2. The first-order chi connectivity index (χ1) is 19.6. The van der Waals surface area contributed by atoms with E-state index < -0.39 is 74.5 Å². The number of H-pyrrole nitrogens is 1. The highest BCUT2D eigenvalue weighted by molar-refractivity contribution is 7.87. The fraction of sp³-hybridized carbons (Fsp3) is 0.407. The number of rotatable bonds is 9. The third-order valence-electron chi connectivity index (χ3n) is 6.95. The lowest BCUT2D eigenvalue weighted by Gasteiger charge is -2.33. The maximum Gasteiger partial charge on any atom is 0.330 e. The highest BCUT2D eigenvalue weighted by Gasteiger charge is 2.64. The molecule has 0 aliphatic carbocycles. The summed E-state index contributed by atoms with van der Waals surface area (Å²) in [6.45, 7) is 5.25. The maximum atomic E-state index is 13.2. The van der Waals surface area contributed by atoms with Gasteiger partial charge in [0.25, 0.3) is 25.8 Å². The summed E-state index contributed by atoms with van der Waals surface area (Å²) in [6, 6.07) is 13.0. The molecule has 0 saturated carbocycles. The summed E-state index contributed by atoms with van der Waals surface area (Å²) < 4.78 is 82.9. The molecule has 2 aliphatic rings. The van der Waals surface area contributed by atoms with Crippen LogP contribution in [0.15, 0.2) is 80.2 Å². The number of aromatic nitrogens is 2. The normalized spacial score (nSPS) is 23.1. The fourth-order valence-electron chi connectivity index (χ4n) is 4.80. The first-order valence-corrected chi connectivity index (χ1v) is 15.7. The third kappa shape index (κ3) is 5.99. The predicted molar refractivity (Wildman–Crippen MR) is 147 cm³/mol. The lowest BCUT2D eigenvalue weighted by atomic mass is 9.97. The number of aryl methyl sites for hydroxylation is 2. The van der Waals surface area contributed by atoms with Crippen LogP contribution in [0.25, 0.3) is 0 Å². The molecule has 1 aromatic heterocycles. The van der Waals surface area contributed by atoms with Gasteiger partial charge in [0.1, 0.15) is 31.0 Å². The zero-order valence-corrected chi connectivity index (χ0v) is 24.8. The van der Waals surface area contributed by atoms with Gasteiger partial charge in [0.15, 0.2) is 12.0 Å².